The molecule has 5 nitrogen and oxygen atoms in total. The molecule has 0 unspecified atom stereocenters. The maximum absolute atomic E-state index is 12.4. The lowest BCUT2D eigenvalue weighted by atomic mass is 10.0. The van der Waals surface area contributed by atoms with Crippen molar-refractivity contribution in [2.24, 2.45) is 5.92 Å². The Morgan fingerprint density at radius 3 is 2.44 bits per heavy atom. The van der Waals surface area contributed by atoms with Crippen LogP contribution in [-0.4, -0.2) is 25.7 Å². The minimum absolute atomic E-state index is 0.261. The minimum Gasteiger partial charge on any atom is -0.508 e. The van der Waals surface area contributed by atoms with Crippen LogP contribution in [0, 0.1) is 12.8 Å². The van der Waals surface area contributed by atoms with E-state index in [-0.39, 0.29) is 11.5 Å². The fraction of sp³-hybridized carbons (Fsp3) is 0.591. The monoisotopic (exact) mass is 369 g/mol. The van der Waals surface area contributed by atoms with Crippen LogP contribution in [0.1, 0.15) is 74.8 Å². The Labute approximate surface area is 161 Å². The second kappa shape index (κ2) is 8.68. The highest BCUT2D eigenvalue weighted by molar-refractivity contribution is 5.78. The van der Waals surface area contributed by atoms with E-state index in [2.05, 4.69) is 28.6 Å². The quantitative estimate of drug-likeness (QED) is 0.676. The Bertz CT molecular complexity index is 791. The van der Waals surface area contributed by atoms with Gasteiger partial charge in [0.25, 0.3) is 0 Å². The van der Waals surface area contributed by atoms with E-state index in [9.17, 15) is 9.90 Å². The molecule has 1 aromatic heterocycles. The van der Waals surface area contributed by atoms with Gasteiger partial charge in [-0.2, -0.15) is 0 Å². The van der Waals surface area contributed by atoms with Gasteiger partial charge >= 0.3 is 0 Å². The molecule has 1 N–H and O–H groups in total. The van der Waals surface area contributed by atoms with Gasteiger partial charge in [0.15, 0.2) is 0 Å². The number of aryl methyl sites for hydroxylation is 4. The third-order valence-corrected chi connectivity index (χ3v) is 5.32. The molecule has 1 heterocycles. The Morgan fingerprint density at radius 2 is 1.81 bits per heavy atom. The molecule has 1 aromatic carbocycles. The number of hydrogen-bond donors (Lipinski definition) is 1. The van der Waals surface area contributed by atoms with E-state index in [0.717, 1.165) is 42.0 Å². The standard InChI is InChI=1S/C22H31N3O2/c1-15(2)4-12-21-23-24-22(25(21)18-7-8-18)13-11-19(26)9-5-17-6-10-20(27)14-16(17)3/h6,10,14-15,18,27H,4-5,7-9,11-13H2,1-3H3. The first-order chi connectivity index (χ1) is 12.9. The molecule has 0 amide bonds. The summed E-state index contributed by atoms with van der Waals surface area (Å²) < 4.78 is 2.31. The summed E-state index contributed by atoms with van der Waals surface area (Å²) in [5.41, 5.74) is 2.16. The van der Waals surface area contributed by atoms with E-state index in [4.69, 9.17) is 0 Å². The zero-order valence-corrected chi connectivity index (χ0v) is 16.7. The van der Waals surface area contributed by atoms with Crippen molar-refractivity contribution < 1.29 is 9.90 Å². The molecule has 27 heavy (non-hydrogen) atoms. The van der Waals surface area contributed by atoms with Gasteiger partial charge in [0.2, 0.25) is 0 Å². The lowest BCUT2D eigenvalue weighted by Crippen LogP contribution is -2.10. The molecule has 0 atom stereocenters. The summed E-state index contributed by atoms with van der Waals surface area (Å²) in [6.07, 6.45) is 6.95. The van der Waals surface area contributed by atoms with Crippen molar-refractivity contribution in [3.8, 4) is 5.75 Å². The number of Topliss-reactive ketones (excluding diaryl/α,β-unsaturated/α-hetero) is 1. The lowest BCUT2D eigenvalue weighted by Gasteiger charge is -2.10. The zero-order valence-electron chi connectivity index (χ0n) is 16.7. The van der Waals surface area contributed by atoms with Gasteiger partial charge in [-0.05, 0) is 61.8 Å². The third kappa shape index (κ3) is 5.41. The molecule has 0 bridgehead atoms. The second-order valence-corrected chi connectivity index (χ2v) is 8.22. The molecule has 5 heteroatoms. The molecule has 0 aliphatic heterocycles. The average Bonchev–Trinajstić information content (AvgIpc) is 3.37. The zero-order chi connectivity index (χ0) is 19.4. The number of ketones is 1. The molecular formula is C22H31N3O2. The van der Waals surface area contributed by atoms with E-state index in [1.165, 1.54) is 12.8 Å². The van der Waals surface area contributed by atoms with Crippen LogP contribution in [0.3, 0.4) is 0 Å². The molecule has 3 rings (SSSR count). The molecule has 1 aliphatic rings. The molecule has 0 spiro atoms. The van der Waals surface area contributed by atoms with Crippen molar-refractivity contribution in [3.05, 3.63) is 41.0 Å². The van der Waals surface area contributed by atoms with Crippen molar-refractivity contribution in [2.75, 3.05) is 0 Å². The molecule has 1 saturated carbocycles. The first-order valence-electron chi connectivity index (χ1n) is 10.2. The minimum atomic E-state index is 0.261. The van der Waals surface area contributed by atoms with Crippen molar-refractivity contribution >= 4 is 5.78 Å². The summed E-state index contributed by atoms with van der Waals surface area (Å²) in [4.78, 5) is 12.4. The van der Waals surface area contributed by atoms with Crippen molar-refractivity contribution in [1.82, 2.24) is 14.8 Å². The number of aromatic hydroxyl groups is 1. The predicted octanol–water partition coefficient (Wildman–Crippen LogP) is 4.35. The number of carbonyl (C=O) groups is 1. The first kappa shape index (κ1) is 19.6. The van der Waals surface area contributed by atoms with Crippen LogP contribution in [0.2, 0.25) is 0 Å². The topological polar surface area (TPSA) is 68.0 Å². The smallest absolute Gasteiger partial charge is 0.133 e. The summed E-state index contributed by atoms with van der Waals surface area (Å²) in [5.74, 6) is 3.26. The van der Waals surface area contributed by atoms with Gasteiger partial charge in [-0.3, -0.25) is 4.79 Å². The summed E-state index contributed by atoms with van der Waals surface area (Å²) in [6, 6.07) is 5.88. The molecule has 0 radical (unpaired) electrons. The largest absolute Gasteiger partial charge is 0.508 e. The molecule has 2 aromatic rings. The molecule has 1 fully saturated rings. The van der Waals surface area contributed by atoms with Gasteiger partial charge in [0, 0.05) is 31.7 Å². The summed E-state index contributed by atoms with van der Waals surface area (Å²) in [7, 11) is 0. The number of phenols is 1. The Kier molecular flexibility index (Phi) is 6.30. The van der Waals surface area contributed by atoms with Crippen LogP contribution in [0.5, 0.6) is 5.75 Å². The normalized spacial score (nSPS) is 14.1. The van der Waals surface area contributed by atoms with Crippen molar-refractivity contribution in [3.63, 3.8) is 0 Å². The highest BCUT2D eigenvalue weighted by Crippen LogP contribution is 2.37. The number of hydrogen-bond acceptors (Lipinski definition) is 4. The van der Waals surface area contributed by atoms with Gasteiger partial charge in [0.1, 0.15) is 23.2 Å². The number of benzene rings is 1. The van der Waals surface area contributed by atoms with Gasteiger partial charge in [-0.1, -0.05) is 19.9 Å². The van der Waals surface area contributed by atoms with Gasteiger partial charge in [0.05, 0.1) is 0 Å². The van der Waals surface area contributed by atoms with Crippen LogP contribution in [0.25, 0.3) is 0 Å². The average molecular weight is 370 g/mol. The van der Waals surface area contributed by atoms with Crippen molar-refractivity contribution in [2.45, 2.75) is 78.2 Å². The van der Waals surface area contributed by atoms with E-state index >= 15 is 0 Å². The van der Waals surface area contributed by atoms with E-state index in [1.54, 1.807) is 12.1 Å². The Balaban J connectivity index is 1.54. The van der Waals surface area contributed by atoms with Crippen LogP contribution in [0.4, 0.5) is 0 Å². The summed E-state index contributed by atoms with van der Waals surface area (Å²) >= 11 is 0. The second-order valence-electron chi connectivity index (χ2n) is 8.22. The molecule has 1 aliphatic carbocycles. The maximum Gasteiger partial charge on any atom is 0.133 e. The number of nitrogens with zero attached hydrogens (tertiary/aromatic N) is 3. The maximum atomic E-state index is 12.4. The summed E-state index contributed by atoms with van der Waals surface area (Å²) in [5, 5.41) is 18.3. The Hall–Kier alpha value is -2.17. The van der Waals surface area contributed by atoms with Gasteiger partial charge < -0.3 is 9.67 Å². The lowest BCUT2D eigenvalue weighted by molar-refractivity contribution is -0.119. The van der Waals surface area contributed by atoms with E-state index in [0.29, 0.717) is 31.2 Å². The van der Waals surface area contributed by atoms with Gasteiger partial charge in [-0.25, -0.2) is 0 Å². The molecular weight excluding hydrogens is 338 g/mol. The first-order valence-corrected chi connectivity index (χ1v) is 10.2. The predicted molar refractivity (Wildman–Crippen MR) is 106 cm³/mol. The third-order valence-electron chi connectivity index (χ3n) is 5.32. The van der Waals surface area contributed by atoms with E-state index in [1.807, 2.05) is 13.0 Å². The number of carbonyl (C=O) groups excluding carboxylic acids is 1. The molecule has 0 saturated heterocycles. The van der Waals surface area contributed by atoms with E-state index < -0.39 is 0 Å². The van der Waals surface area contributed by atoms with Crippen LogP contribution in [-0.2, 0) is 24.1 Å². The van der Waals surface area contributed by atoms with Crippen LogP contribution < -0.4 is 0 Å². The fourth-order valence-corrected chi connectivity index (χ4v) is 3.48. The summed E-state index contributed by atoms with van der Waals surface area (Å²) in [6.45, 7) is 6.43. The van der Waals surface area contributed by atoms with Crippen LogP contribution in [0.15, 0.2) is 18.2 Å². The molecule has 146 valence electrons. The fourth-order valence-electron chi connectivity index (χ4n) is 3.48. The number of aromatic nitrogens is 3. The highest BCUT2D eigenvalue weighted by atomic mass is 16.3. The number of phenolic OH excluding ortho intramolecular Hbond substituents is 1. The van der Waals surface area contributed by atoms with Crippen molar-refractivity contribution in [1.29, 1.82) is 0 Å². The van der Waals surface area contributed by atoms with Gasteiger partial charge in [-0.15, -0.1) is 10.2 Å². The highest BCUT2D eigenvalue weighted by Gasteiger charge is 2.29. The Morgan fingerprint density at radius 1 is 1.15 bits per heavy atom. The number of rotatable bonds is 10. The van der Waals surface area contributed by atoms with Crippen LogP contribution >= 0.6 is 0 Å². The SMILES string of the molecule is Cc1cc(O)ccc1CCC(=O)CCc1nnc(CCC(C)C)n1C1CC1.